The second kappa shape index (κ2) is 7.54. The van der Waals surface area contributed by atoms with Gasteiger partial charge in [-0.2, -0.15) is 0 Å². The minimum Gasteiger partial charge on any atom is -0.135 e. The average molecular weight is 413 g/mol. The quantitative estimate of drug-likeness (QED) is 0.272. The standard InChI is InChI=1S/C30H20S/c1-3-9-21(10-4-1)22-15-17-23(18-16-22)25-19-27(24-11-5-2-6-12-24)30-28(20-25)26-13-7-8-14-29(26)31-30/h1-20H. The molecule has 0 fully saturated rings. The molecule has 0 saturated heterocycles. The molecule has 0 bridgehead atoms. The molecule has 146 valence electrons. The fourth-order valence-electron chi connectivity index (χ4n) is 4.31. The van der Waals surface area contributed by atoms with Gasteiger partial charge in [-0.05, 0) is 46.0 Å². The van der Waals surface area contributed by atoms with E-state index in [-0.39, 0.29) is 0 Å². The second-order valence-electron chi connectivity index (χ2n) is 7.81. The van der Waals surface area contributed by atoms with Crippen molar-refractivity contribution in [3.05, 3.63) is 121 Å². The Hall–Kier alpha value is -3.68. The molecule has 0 atom stereocenters. The maximum Gasteiger partial charge on any atom is 0.0434 e. The average Bonchev–Trinajstić information content (AvgIpc) is 3.23. The van der Waals surface area contributed by atoms with Crippen LogP contribution in [0.1, 0.15) is 0 Å². The SMILES string of the molecule is c1ccc(-c2ccc(-c3cc(-c4ccccc4)c4sc5ccccc5c4c3)cc2)cc1. The molecule has 0 N–H and O–H groups in total. The van der Waals surface area contributed by atoms with E-state index < -0.39 is 0 Å². The normalized spacial score (nSPS) is 11.2. The summed E-state index contributed by atoms with van der Waals surface area (Å²) in [5, 5.41) is 2.67. The maximum atomic E-state index is 2.36. The van der Waals surface area contributed by atoms with E-state index in [4.69, 9.17) is 0 Å². The van der Waals surface area contributed by atoms with Gasteiger partial charge in [0.2, 0.25) is 0 Å². The Kier molecular flexibility index (Phi) is 4.40. The van der Waals surface area contributed by atoms with Gasteiger partial charge in [-0.1, -0.05) is 103 Å². The molecular weight excluding hydrogens is 392 g/mol. The van der Waals surface area contributed by atoms with Gasteiger partial charge in [-0.15, -0.1) is 11.3 Å². The Morgan fingerprint density at radius 3 is 1.65 bits per heavy atom. The molecule has 0 radical (unpaired) electrons. The van der Waals surface area contributed by atoms with Gasteiger partial charge in [0, 0.05) is 25.7 Å². The van der Waals surface area contributed by atoms with Crippen LogP contribution in [0, 0.1) is 0 Å². The molecule has 1 heteroatoms. The van der Waals surface area contributed by atoms with Crippen molar-refractivity contribution in [3.8, 4) is 33.4 Å². The van der Waals surface area contributed by atoms with Crippen molar-refractivity contribution in [2.24, 2.45) is 0 Å². The summed E-state index contributed by atoms with van der Waals surface area (Å²) in [5.41, 5.74) is 7.57. The first-order chi connectivity index (χ1) is 15.4. The zero-order chi connectivity index (χ0) is 20.6. The smallest absolute Gasteiger partial charge is 0.0434 e. The van der Waals surface area contributed by atoms with Gasteiger partial charge in [-0.3, -0.25) is 0 Å². The van der Waals surface area contributed by atoms with Crippen LogP contribution in [-0.4, -0.2) is 0 Å². The lowest BCUT2D eigenvalue weighted by atomic mass is 9.95. The van der Waals surface area contributed by atoms with E-state index in [0.717, 1.165) is 0 Å². The van der Waals surface area contributed by atoms with Crippen LogP contribution in [0.15, 0.2) is 121 Å². The van der Waals surface area contributed by atoms with Crippen LogP contribution < -0.4 is 0 Å². The molecule has 0 aliphatic heterocycles. The minimum absolute atomic E-state index is 1.24. The van der Waals surface area contributed by atoms with Gasteiger partial charge in [0.1, 0.15) is 0 Å². The lowest BCUT2D eigenvalue weighted by Gasteiger charge is -2.10. The molecule has 0 saturated carbocycles. The minimum atomic E-state index is 1.24. The largest absolute Gasteiger partial charge is 0.135 e. The molecular formula is C30H20S. The summed E-state index contributed by atoms with van der Waals surface area (Å²) < 4.78 is 2.70. The zero-order valence-electron chi connectivity index (χ0n) is 17.0. The predicted molar refractivity (Wildman–Crippen MR) is 136 cm³/mol. The first-order valence-electron chi connectivity index (χ1n) is 10.5. The van der Waals surface area contributed by atoms with Gasteiger partial charge in [0.25, 0.3) is 0 Å². The number of hydrogen-bond acceptors (Lipinski definition) is 1. The highest BCUT2D eigenvalue weighted by molar-refractivity contribution is 7.26. The van der Waals surface area contributed by atoms with Crippen molar-refractivity contribution < 1.29 is 0 Å². The van der Waals surface area contributed by atoms with E-state index in [1.165, 1.54) is 53.6 Å². The number of hydrogen-bond donors (Lipinski definition) is 0. The molecule has 0 amide bonds. The van der Waals surface area contributed by atoms with Crippen molar-refractivity contribution in [1.29, 1.82) is 0 Å². The fourth-order valence-corrected chi connectivity index (χ4v) is 5.53. The molecule has 6 aromatic rings. The molecule has 5 aromatic carbocycles. The van der Waals surface area contributed by atoms with E-state index >= 15 is 0 Å². The molecule has 31 heavy (non-hydrogen) atoms. The van der Waals surface area contributed by atoms with Crippen LogP contribution in [0.4, 0.5) is 0 Å². The van der Waals surface area contributed by atoms with Crippen LogP contribution >= 0.6 is 11.3 Å². The highest BCUT2D eigenvalue weighted by Gasteiger charge is 2.13. The Bertz CT molecular complexity index is 1490. The van der Waals surface area contributed by atoms with Gasteiger partial charge >= 0.3 is 0 Å². The molecule has 0 unspecified atom stereocenters. The highest BCUT2D eigenvalue weighted by Crippen LogP contribution is 2.42. The van der Waals surface area contributed by atoms with Crippen LogP contribution in [0.25, 0.3) is 53.6 Å². The lowest BCUT2D eigenvalue weighted by molar-refractivity contribution is 1.60. The van der Waals surface area contributed by atoms with Crippen LogP contribution in [0.5, 0.6) is 0 Å². The first kappa shape index (κ1) is 18.1. The lowest BCUT2D eigenvalue weighted by Crippen LogP contribution is -1.84. The monoisotopic (exact) mass is 412 g/mol. The van der Waals surface area contributed by atoms with Gasteiger partial charge in [0.15, 0.2) is 0 Å². The summed E-state index contributed by atoms with van der Waals surface area (Å²) in [6, 6.07) is 43.7. The fraction of sp³-hybridized carbons (Fsp3) is 0. The highest BCUT2D eigenvalue weighted by atomic mass is 32.1. The molecule has 0 nitrogen and oxygen atoms in total. The van der Waals surface area contributed by atoms with Gasteiger partial charge < -0.3 is 0 Å². The summed E-state index contributed by atoms with van der Waals surface area (Å²) in [7, 11) is 0. The van der Waals surface area contributed by atoms with Crippen LogP contribution in [0.2, 0.25) is 0 Å². The first-order valence-corrected chi connectivity index (χ1v) is 11.3. The third-order valence-electron chi connectivity index (χ3n) is 5.89. The Morgan fingerprint density at radius 1 is 0.387 bits per heavy atom. The van der Waals surface area contributed by atoms with Crippen molar-refractivity contribution in [3.63, 3.8) is 0 Å². The molecule has 6 rings (SSSR count). The van der Waals surface area contributed by atoms with Crippen molar-refractivity contribution in [2.45, 2.75) is 0 Å². The summed E-state index contributed by atoms with van der Waals surface area (Å²) in [4.78, 5) is 0. The van der Waals surface area contributed by atoms with Crippen LogP contribution in [0.3, 0.4) is 0 Å². The molecule has 1 aromatic heterocycles. The van der Waals surface area contributed by atoms with E-state index in [1.807, 2.05) is 11.3 Å². The summed E-state index contributed by atoms with van der Waals surface area (Å²) in [5.74, 6) is 0. The Morgan fingerprint density at radius 2 is 0.935 bits per heavy atom. The predicted octanol–water partition coefficient (Wildman–Crippen LogP) is 9.06. The van der Waals surface area contributed by atoms with Crippen molar-refractivity contribution in [2.75, 3.05) is 0 Å². The third kappa shape index (κ3) is 3.24. The number of benzene rings is 5. The Balaban J connectivity index is 1.56. The molecule has 0 aliphatic rings. The van der Waals surface area contributed by atoms with E-state index in [1.54, 1.807) is 0 Å². The van der Waals surface area contributed by atoms with E-state index in [2.05, 4.69) is 121 Å². The van der Waals surface area contributed by atoms with Crippen molar-refractivity contribution >= 4 is 31.5 Å². The Labute approximate surface area is 186 Å². The van der Waals surface area contributed by atoms with Crippen molar-refractivity contribution in [1.82, 2.24) is 0 Å². The summed E-state index contributed by atoms with van der Waals surface area (Å²) in [6.45, 7) is 0. The number of rotatable bonds is 3. The summed E-state index contributed by atoms with van der Waals surface area (Å²) >= 11 is 1.89. The van der Waals surface area contributed by atoms with Gasteiger partial charge in [-0.25, -0.2) is 0 Å². The zero-order valence-corrected chi connectivity index (χ0v) is 17.8. The molecule has 1 heterocycles. The third-order valence-corrected chi connectivity index (χ3v) is 7.11. The number of fused-ring (bicyclic) bond motifs is 3. The van der Waals surface area contributed by atoms with Gasteiger partial charge in [0.05, 0.1) is 0 Å². The molecule has 0 aliphatic carbocycles. The molecule has 0 spiro atoms. The number of thiophene rings is 1. The van der Waals surface area contributed by atoms with E-state index in [0.29, 0.717) is 0 Å². The second-order valence-corrected chi connectivity index (χ2v) is 8.86. The topological polar surface area (TPSA) is 0 Å². The summed E-state index contributed by atoms with van der Waals surface area (Å²) in [6.07, 6.45) is 0. The maximum absolute atomic E-state index is 2.36. The van der Waals surface area contributed by atoms with E-state index in [9.17, 15) is 0 Å². The van der Waals surface area contributed by atoms with Crippen LogP contribution in [-0.2, 0) is 0 Å².